The van der Waals surface area contributed by atoms with Crippen LogP contribution in [-0.2, 0) is 17.6 Å². The van der Waals surface area contributed by atoms with E-state index in [1.807, 2.05) is 11.0 Å². The Morgan fingerprint density at radius 1 is 1.19 bits per heavy atom. The highest BCUT2D eigenvalue weighted by atomic mass is 16.2. The molecule has 5 heteroatoms. The Morgan fingerprint density at radius 2 is 1.97 bits per heavy atom. The van der Waals surface area contributed by atoms with Crippen molar-refractivity contribution < 1.29 is 4.79 Å². The summed E-state index contributed by atoms with van der Waals surface area (Å²) in [5.41, 5.74) is 8.14. The third-order valence-electron chi connectivity index (χ3n) is 8.72. The number of hydrogen-bond acceptors (Lipinski definition) is 2. The molecule has 2 aromatic heterocycles. The van der Waals surface area contributed by atoms with Crippen molar-refractivity contribution in [3.63, 3.8) is 0 Å². The summed E-state index contributed by atoms with van der Waals surface area (Å²) in [6.07, 6.45) is 18.1. The highest BCUT2D eigenvalue weighted by Crippen LogP contribution is 2.38. The highest BCUT2D eigenvalue weighted by Gasteiger charge is 2.30. The van der Waals surface area contributed by atoms with Crippen LogP contribution in [0.3, 0.4) is 0 Å². The van der Waals surface area contributed by atoms with Crippen LogP contribution in [0.15, 0.2) is 24.4 Å². The fraction of sp³-hybridized carbons (Fsp3) is 0.613. The first-order chi connectivity index (χ1) is 17.3. The van der Waals surface area contributed by atoms with E-state index >= 15 is 0 Å². The summed E-state index contributed by atoms with van der Waals surface area (Å²) in [7, 11) is 0. The van der Waals surface area contributed by atoms with Gasteiger partial charge in [0.25, 0.3) is 0 Å². The van der Waals surface area contributed by atoms with Gasteiger partial charge in [0.05, 0.1) is 5.69 Å². The number of allylic oxidation sites excluding steroid dienone is 1. The molecular weight excluding hydrogens is 444 g/mol. The van der Waals surface area contributed by atoms with Crippen LogP contribution >= 0.6 is 0 Å². The van der Waals surface area contributed by atoms with Crippen molar-refractivity contribution in [3.05, 3.63) is 46.9 Å². The van der Waals surface area contributed by atoms with E-state index in [9.17, 15) is 4.79 Å². The molecule has 2 heterocycles. The summed E-state index contributed by atoms with van der Waals surface area (Å²) >= 11 is 0. The average Bonchev–Trinajstić information content (AvgIpc) is 3.47. The molecule has 3 aliphatic rings. The molecular formula is C31H44N4O. The number of H-pyrrole nitrogens is 2. The lowest BCUT2D eigenvalue weighted by Gasteiger charge is -2.29. The van der Waals surface area contributed by atoms with Crippen LogP contribution in [0.4, 0.5) is 0 Å². The van der Waals surface area contributed by atoms with Crippen LogP contribution in [0.5, 0.6) is 0 Å². The van der Waals surface area contributed by atoms with Gasteiger partial charge in [-0.1, -0.05) is 58.6 Å². The Kier molecular flexibility index (Phi) is 7.28. The lowest BCUT2D eigenvalue weighted by atomic mass is 9.76. The molecule has 0 bridgehead atoms. The van der Waals surface area contributed by atoms with Crippen molar-refractivity contribution in [2.24, 2.45) is 17.3 Å². The maximum absolute atomic E-state index is 13.3. The first-order valence-electron chi connectivity index (χ1n) is 14.2. The number of aryl methyl sites for hydroxylation is 1. The van der Waals surface area contributed by atoms with E-state index in [0.717, 1.165) is 60.1 Å². The Morgan fingerprint density at radius 3 is 2.72 bits per heavy atom. The van der Waals surface area contributed by atoms with Gasteiger partial charge in [-0.3, -0.25) is 9.89 Å². The van der Waals surface area contributed by atoms with Gasteiger partial charge in [0.1, 0.15) is 5.69 Å². The van der Waals surface area contributed by atoms with Gasteiger partial charge in [-0.2, -0.15) is 5.10 Å². The quantitative estimate of drug-likeness (QED) is 0.362. The molecule has 5 nitrogen and oxygen atoms in total. The van der Waals surface area contributed by atoms with Crippen LogP contribution in [0.25, 0.3) is 17.5 Å². The first kappa shape index (κ1) is 25.1. The zero-order valence-corrected chi connectivity index (χ0v) is 22.6. The fourth-order valence-electron chi connectivity index (χ4n) is 6.12. The summed E-state index contributed by atoms with van der Waals surface area (Å²) in [5.74, 6) is 1.60. The third kappa shape index (κ3) is 5.87. The van der Waals surface area contributed by atoms with E-state index in [0.29, 0.717) is 17.8 Å². The number of nitrogens with zero attached hydrogens (tertiary/aromatic N) is 2. The van der Waals surface area contributed by atoms with Crippen LogP contribution in [0.1, 0.15) is 101 Å². The molecule has 2 fully saturated rings. The lowest BCUT2D eigenvalue weighted by Crippen LogP contribution is -2.32. The molecule has 0 aromatic carbocycles. The number of fused-ring (bicyclic) bond motifs is 1. The van der Waals surface area contributed by atoms with Crippen molar-refractivity contribution >= 4 is 12.0 Å². The zero-order chi connectivity index (χ0) is 25.3. The summed E-state index contributed by atoms with van der Waals surface area (Å²) in [4.78, 5) is 18.8. The molecule has 1 amide bonds. The SMILES string of the molecule is C=C(/C=C\c1cc(-c2n[nH]c3c2CCC(C)(C)C3)[nH]c1C)N(CCC1CC1)C(=O)CC1CCCCC1. The monoisotopic (exact) mass is 488 g/mol. The molecule has 194 valence electrons. The topological polar surface area (TPSA) is 64.8 Å². The predicted molar refractivity (Wildman–Crippen MR) is 147 cm³/mol. The summed E-state index contributed by atoms with van der Waals surface area (Å²) in [6, 6.07) is 2.19. The predicted octanol–water partition coefficient (Wildman–Crippen LogP) is 7.35. The molecule has 2 N–H and O–H groups in total. The number of aromatic nitrogens is 3. The molecule has 0 radical (unpaired) electrons. The van der Waals surface area contributed by atoms with Gasteiger partial charge < -0.3 is 9.88 Å². The number of carbonyl (C=O) groups excluding carboxylic acids is 1. The second-order valence-corrected chi connectivity index (χ2v) is 12.4. The highest BCUT2D eigenvalue weighted by molar-refractivity contribution is 5.79. The van der Waals surface area contributed by atoms with Crippen LogP contribution in [-0.4, -0.2) is 32.5 Å². The van der Waals surface area contributed by atoms with Crippen LogP contribution in [0.2, 0.25) is 0 Å². The van der Waals surface area contributed by atoms with E-state index < -0.39 is 0 Å². The Labute approximate surface area is 216 Å². The maximum Gasteiger partial charge on any atom is 0.227 e. The second-order valence-electron chi connectivity index (χ2n) is 12.4. The van der Waals surface area contributed by atoms with Crippen LogP contribution < -0.4 is 0 Å². The molecule has 0 saturated heterocycles. The number of aromatic amines is 2. The molecule has 0 aliphatic heterocycles. The Balaban J connectivity index is 1.29. The number of rotatable bonds is 9. The largest absolute Gasteiger partial charge is 0.357 e. The Hall–Kier alpha value is -2.56. The van der Waals surface area contributed by atoms with Gasteiger partial charge in [0.2, 0.25) is 5.91 Å². The maximum atomic E-state index is 13.3. The molecule has 36 heavy (non-hydrogen) atoms. The zero-order valence-electron chi connectivity index (χ0n) is 22.6. The molecule has 0 unspecified atom stereocenters. The smallest absolute Gasteiger partial charge is 0.227 e. The van der Waals surface area contributed by atoms with Gasteiger partial charge in [-0.15, -0.1) is 0 Å². The van der Waals surface area contributed by atoms with E-state index in [4.69, 9.17) is 0 Å². The van der Waals surface area contributed by atoms with Gasteiger partial charge in [0.15, 0.2) is 0 Å². The van der Waals surface area contributed by atoms with Crippen molar-refractivity contribution in [2.45, 2.75) is 97.8 Å². The van der Waals surface area contributed by atoms with Crippen molar-refractivity contribution in [3.8, 4) is 11.4 Å². The van der Waals surface area contributed by atoms with Gasteiger partial charge in [-0.05, 0) is 80.4 Å². The van der Waals surface area contributed by atoms with Crippen molar-refractivity contribution in [1.29, 1.82) is 0 Å². The minimum Gasteiger partial charge on any atom is -0.357 e. The number of nitrogens with one attached hydrogen (secondary N) is 2. The van der Waals surface area contributed by atoms with Gasteiger partial charge >= 0.3 is 0 Å². The first-order valence-corrected chi connectivity index (χ1v) is 14.2. The number of amides is 1. The minimum absolute atomic E-state index is 0.259. The van der Waals surface area contributed by atoms with Gasteiger partial charge in [0, 0.05) is 35.6 Å². The Bertz CT molecular complexity index is 1120. The third-order valence-corrected chi connectivity index (χ3v) is 8.72. The summed E-state index contributed by atoms with van der Waals surface area (Å²) in [5, 5.41) is 7.99. The van der Waals surface area contributed by atoms with Crippen molar-refractivity contribution in [2.75, 3.05) is 6.54 Å². The molecule has 0 spiro atoms. The molecule has 3 aliphatic carbocycles. The fourth-order valence-corrected chi connectivity index (χ4v) is 6.12. The molecule has 2 aromatic rings. The second kappa shape index (κ2) is 10.4. The number of carbonyl (C=O) groups is 1. The van der Waals surface area contributed by atoms with E-state index in [-0.39, 0.29) is 5.91 Å². The van der Waals surface area contributed by atoms with Gasteiger partial charge in [-0.25, -0.2) is 0 Å². The average molecular weight is 489 g/mol. The normalized spacial score (nSPS) is 20.0. The lowest BCUT2D eigenvalue weighted by molar-refractivity contribution is -0.130. The van der Waals surface area contributed by atoms with E-state index in [1.54, 1.807) is 0 Å². The molecule has 0 atom stereocenters. The standard InChI is InChI=1S/C31H44N4O/c1-21(35(17-15-23-11-12-23)29(36)18-24-8-6-5-7-9-24)10-13-25-19-27(32-22(25)2)30-26-14-16-31(3,4)20-28(26)33-34-30/h10,13,19,23-24,32H,1,5-9,11-12,14-18,20H2,2-4H3,(H,33,34)/b13-10-. The van der Waals surface area contributed by atoms with Crippen molar-refractivity contribution in [1.82, 2.24) is 20.1 Å². The summed E-state index contributed by atoms with van der Waals surface area (Å²) in [6.45, 7) is 11.9. The number of hydrogen-bond donors (Lipinski definition) is 2. The van der Waals surface area contributed by atoms with E-state index in [2.05, 4.69) is 54.7 Å². The summed E-state index contributed by atoms with van der Waals surface area (Å²) < 4.78 is 0. The molecule has 5 rings (SSSR count). The van der Waals surface area contributed by atoms with E-state index in [1.165, 1.54) is 62.6 Å². The van der Waals surface area contributed by atoms with Crippen LogP contribution in [0, 0.1) is 24.2 Å². The molecule has 2 saturated carbocycles. The minimum atomic E-state index is 0.259.